The Morgan fingerprint density at radius 2 is 2.17 bits per heavy atom. The van der Waals surface area contributed by atoms with Crippen LogP contribution in [0.4, 0.5) is 5.69 Å². The lowest BCUT2D eigenvalue weighted by Crippen LogP contribution is -2.35. The van der Waals surface area contributed by atoms with Gasteiger partial charge < -0.3 is 5.73 Å². The summed E-state index contributed by atoms with van der Waals surface area (Å²) in [6.45, 7) is 3.38. The average Bonchev–Trinajstić information content (AvgIpc) is 2.34. The van der Waals surface area contributed by atoms with E-state index in [4.69, 9.17) is 5.73 Å². The van der Waals surface area contributed by atoms with Crippen molar-refractivity contribution < 1.29 is 0 Å². The van der Waals surface area contributed by atoms with Crippen LogP contribution in [-0.2, 0) is 6.54 Å². The van der Waals surface area contributed by atoms with Crippen molar-refractivity contribution in [1.82, 2.24) is 4.90 Å². The maximum atomic E-state index is 5.82. The third-order valence-electron chi connectivity index (χ3n) is 4.03. The summed E-state index contributed by atoms with van der Waals surface area (Å²) in [5, 5.41) is 0. The zero-order chi connectivity index (χ0) is 13.1. The summed E-state index contributed by atoms with van der Waals surface area (Å²) < 4.78 is 1.01. The largest absolute Gasteiger partial charge is 0.398 e. The van der Waals surface area contributed by atoms with Crippen LogP contribution in [0, 0.1) is 5.92 Å². The van der Waals surface area contributed by atoms with E-state index >= 15 is 0 Å². The Bertz CT molecular complexity index is 405. The van der Waals surface area contributed by atoms with Crippen LogP contribution in [0.25, 0.3) is 0 Å². The van der Waals surface area contributed by atoms with Crippen molar-refractivity contribution >= 4 is 21.6 Å². The molecule has 0 heterocycles. The van der Waals surface area contributed by atoms with E-state index in [0.29, 0.717) is 0 Å². The first-order chi connectivity index (χ1) is 8.56. The molecule has 2 atom stereocenters. The van der Waals surface area contributed by atoms with Gasteiger partial charge in [0, 0.05) is 22.7 Å². The van der Waals surface area contributed by atoms with Gasteiger partial charge in [0.15, 0.2) is 0 Å². The maximum absolute atomic E-state index is 5.82. The van der Waals surface area contributed by atoms with E-state index in [0.717, 1.165) is 28.7 Å². The van der Waals surface area contributed by atoms with Gasteiger partial charge in [-0.3, -0.25) is 4.90 Å². The first-order valence-electron chi connectivity index (χ1n) is 6.80. The lowest BCUT2D eigenvalue weighted by Gasteiger charge is -2.34. The molecule has 1 fully saturated rings. The van der Waals surface area contributed by atoms with Crippen molar-refractivity contribution in [3.05, 3.63) is 28.2 Å². The fraction of sp³-hybridized carbons (Fsp3) is 0.600. The van der Waals surface area contributed by atoms with E-state index in [-0.39, 0.29) is 0 Å². The van der Waals surface area contributed by atoms with Crippen molar-refractivity contribution in [2.45, 2.75) is 45.2 Å². The van der Waals surface area contributed by atoms with Crippen molar-refractivity contribution in [1.29, 1.82) is 0 Å². The quantitative estimate of drug-likeness (QED) is 0.854. The average molecular weight is 311 g/mol. The fourth-order valence-electron chi connectivity index (χ4n) is 2.89. The monoisotopic (exact) mass is 310 g/mol. The maximum Gasteiger partial charge on any atom is 0.0458 e. The summed E-state index contributed by atoms with van der Waals surface area (Å²) in [6, 6.07) is 6.99. The molecule has 0 aromatic heterocycles. The van der Waals surface area contributed by atoms with Crippen LogP contribution < -0.4 is 5.73 Å². The van der Waals surface area contributed by atoms with Gasteiger partial charge >= 0.3 is 0 Å². The normalized spacial score (nSPS) is 24.4. The Morgan fingerprint density at radius 1 is 1.39 bits per heavy atom. The molecule has 18 heavy (non-hydrogen) atoms. The molecule has 0 spiro atoms. The minimum atomic E-state index is 0.741. The van der Waals surface area contributed by atoms with Crippen LogP contribution in [0.2, 0.25) is 0 Å². The van der Waals surface area contributed by atoms with Gasteiger partial charge in [-0.15, -0.1) is 0 Å². The second-order valence-corrected chi connectivity index (χ2v) is 6.55. The van der Waals surface area contributed by atoms with E-state index < -0.39 is 0 Å². The summed E-state index contributed by atoms with van der Waals surface area (Å²) in [5.41, 5.74) is 7.96. The van der Waals surface area contributed by atoms with E-state index in [2.05, 4.69) is 46.9 Å². The Kier molecular flexibility index (Phi) is 4.68. The van der Waals surface area contributed by atoms with Gasteiger partial charge in [-0.05, 0) is 59.4 Å². The van der Waals surface area contributed by atoms with E-state index in [1.54, 1.807) is 0 Å². The Balaban J connectivity index is 1.97. The molecule has 0 saturated heterocycles. The SMILES string of the molecule is CC1CCCC(N(C)Cc2ccc(N)c(Br)c2)C1. The Hall–Kier alpha value is -0.540. The first-order valence-corrected chi connectivity index (χ1v) is 7.59. The Morgan fingerprint density at radius 3 is 2.83 bits per heavy atom. The van der Waals surface area contributed by atoms with Crippen LogP contribution in [0.5, 0.6) is 0 Å². The molecule has 2 rings (SSSR count). The highest BCUT2D eigenvalue weighted by atomic mass is 79.9. The smallest absolute Gasteiger partial charge is 0.0458 e. The predicted molar refractivity (Wildman–Crippen MR) is 81.4 cm³/mol. The number of nitrogens with zero attached hydrogens (tertiary/aromatic N) is 1. The van der Waals surface area contributed by atoms with Gasteiger partial charge in [-0.25, -0.2) is 0 Å². The van der Waals surface area contributed by atoms with Crippen LogP contribution in [-0.4, -0.2) is 18.0 Å². The summed E-state index contributed by atoms with van der Waals surface area (Å²) in [4.78, 5) is 2.49. The predicted octanol–water partition coefficient (Wildman–Crippen LogP) is 4.04. The van der Waals surface area contributed by atoms with Gasteiger partial charge in [0.1, 0.15) is 0 Å². The molecule has 0 amide bonds. The molecule has 2 nitrogen and oxygen atoms in total. The number of benzene rings is 1. The minimum absolute atomic E-state index is 0.741. The van der Waals surface area contributed by atoms with Gasteiger partial charge in [0.05, 0.1) is 0 Å². The molecule has 1 aromatic carbocycles. The standard InChI is InChI=1S/C15H23BrN2/c1-11-4-3-5-13(8-11)18(2)10-12-6-7-15(17)14(16)9-12/h6-7,9,11,13H,3-5,8,10,17H2,1-2H3. The van der Waals surface area contributed by atoms with Crippen molar-refractivity contribution in [3.63, 3.8) is 0 Å². The molecule has 2 unspecified atom stereocenters. The highest BCUT2D eigenvalue weighted by molar-refractivity contribution is 9.10. The number of halogens is 1. The molecule has 1 aliphatic carbocycles. The van der Waals surface area contributed by atoms with Gasteiger partial charge in [-0.1, -0.05) is 25.8 Å². The van der Waals surface area contributed by atoms with Gasteiger partial charge in [0.2, 0.25) is 0 Å². The molecule has 3 heteroatoms. The van der Waals surface area contributed by atoms with Crippen LogP contribution in [0.1, 0.15) is 38.2 Å². The van der Waals surface area contributed by atoms with Crippen molar-refractivity contribution in [2.75, 3.05) is 12.8 Å². The van der Waals surface area contributed by atoms with Crippen molar-refractivity contribution in [3.8, 4) is 0 Å². The third-order valence-corrected chi connectivity index (χ3v) is 4.72. The third kappa shape index (κ3) is 3.48. The molecule has 1 aromatic rings. The van der Waals surface area contributed by atoms with Crippen LogP contribution in [0.15, 0.2) is 22.7 Å². The zero-order valence-electron chi connectivity index (χ0n) is 11.3. The number of anilines is 1. The van der Waals surface area contributed by atoms with E-state index in [1.165, 1.54) is 31.2 Å². The molecule has 100 valence electrons. The van der Waals surface area contributed by atoms with E-state index in [1.807, 2.05) is 6.07 Å². The lowest BCUT2D eigenvalue weighted by molar-refractivity contribution is 0.157. The topological polar surface area (TPSA) is 29.3 Å². The lowest BCUT2D eigenvalue weighted by atomic mass is 9.86. The van der Waals surface area contributed by atoms with Crippen LogP contribution >= 0.6 is 15.9 Å². The summed E-state index contributed by atoms with van der Waals surface area (Å²) in [7, 11) is 2.24. The fourth-order valence-corrected chi connectivity index (χ4v) is 3.31. The molecule has 1 saturated carbocycles. The molecule has 1 aliphatic rings. The molecule has 0 radical (unpaired) electrons. The first kappa shape index (κ1) is 13.9. The van der Waals surface area contributed by atoms with Crippen molar-refractivity contribution in [2.24, 2.45) is 5.92 Å². The molecular formula is C15H23BrN2. The number of nitrogens with two attached hydrogens (primary N) is 1. The second kappa shape index (κ2) is 6.07. The minimum Gasteiger partial charge on any atom is -0.398 e. The Labute approximate surface area is 119 Å². The van der Waals surface area contributed by atoms with Crippen LogP contribution in [0.3, 0.4) is 0 Å². The highest BCUT2D eigenvalue weighted by Gasteiger charge is 2.22. The molecule has 0 bridgehead atoms. The molecule has 2 N–H and O–H groups in total. The number of hydrogen-bond acceptors (Lipinski definition) is 2. The zero-order valence-corrected chi connectivity index (χ0v) is 12.9. The van der Waals surface area contributed by atoms with E-state index in [9.17, 15) is 0 Å². The van der Waals surface area contributed by atoms with Gasteiger partial charge in [0.25, 0.3) is 0 Å². The molecule has 0 aliphatic heterocycles. The summed E-state index contributed by atoms with van der Waals surface area (Å²) in [5.74, 6) is 0.879. The molecular weight excluding hydrogens is 288 g/mol. The second-order valence-electron chi connectivity index (χ2n) is 5.70. The number of hydrogen-bond donors (Lipinski definition) is 1. The van der Waals surface area contributed by atoms with Gasteiger partial charge in [-0.2, -0.15) is 0 Å². The summed E-state index contributed by atoms with van der Waals surface area (Å²) in [6.07, 6.45) is 5.46. The number of rotatable bonds is 3. The highest BCUT2D eigenvalue weighted by Crippen LogP contribution is 2.28. The summed E-state index contributed by atoms with van der Waals surface area (Å²) >= 11 is 3.50. The number of nitrogen functional groups attached to an aromatic ring is 1.